The number of nitrogens with one attached hydrogen (secondary N) is 1. The zero-order valence-electron chi connectivity index (χ0n) is 12.1. The van der Waals surface area contributed by atoms with Gasteiger partial charge < -0.3 is 5.32 Å². The molecule has 1 saturated carbocycles. The van der Waals surface area contributed by atoms with Crippen LogP contribution in [0.1, 0.15) is 53.7 Å². The minimum atomic E-state index is 0.0654. The van der Waals surface area contributed by atoms with E-state index in [2.05, 4.69) is 39.6 Å². The first-order chi connectivity index (χ1) is 9.78. The van der Waals surface area contributed by atoms with E-state index in [1.54, 1.807) is 0 Å². The second-order valence-corrected chi connectivity index (χ2v) is 5.64. The quantitative estimate of drug-likeness (QED) is 0.923. The van der Waals surface area contributed by atoms with Crippen LogP contribution in [-0.2, 0) is 0 Å². The lowest BCUT2D eigenvalue weighted by atomic mass is 9.79. The van der Waals surface area contributed by atoms with E-state index in [1.807, 2.05) is 26.4 Å². The maximum absolute atomic E-state index is 4.46. The third-order valence-electron chi connectivity index (χ3n) is 4.17. The third-order valence-corrected chi connectivity index (χ3v) is 4.17. The number of hydrogen-bond acceptors (Lipinski definition) is 3. The van der Waals surface area contributed by atoms with Crippen LogP contribution in [0.2, 0.25) is 0 Å². The Bertz CT molecular complexity index is 573. The fourth-order valence-corrected chi connectivity index (χ4v) is 2.73. The largest absolute Gasteiger partial charge is 0.307 e. The van der Waals surface area contributed by atoms with Gasteiger partial charge in [-0.2, -0.15) is 0 Å². The lowest BCUT2D eigenvalue weighted by Crippen LogP contribution is -2.21. The lowest BCUT2D eigenvalue weighted by Gasteiger charge is -2.27. The van der Waals surface area contributed by atoms with Crippen LogP contribution in [0.25, 0.3) is 0 Å². The van der Waals surface area contributed by atoms with Crippen molar-refractivity contribution >= 4 is 0 Å². The molecule has 1 atom stereocenters. The Kier molecular flexibility index (Phi) is 3.79. The van der Waals surface area contributed by atoms with Gasteiger partial charge in [-0.1, -0.05) is 30.7 Å². The van der Waals surface area contributed by atoms with Crippen LogP contribution >= 0.6 is 0 Å². The standard InChI is InChI=1S/C17H21N3/c1-12-10-19-17(20-11-12)16(18-2)15-8-4-7-14(9-15)13-5-3-6-13/h4,7-11,13,16,18H,3,5-6H2,1-2H3. The molecule has 0 bridgehead atoms. The molecule has 1 aromatic carbocycles. The third kappa shape index (κ3) is 2.59. The number of hydrogen-bond donors (Lipinski definition) is 1. The van der Waals surface area contributed by atoms with Crippen molar-refractivity contribution in [2.24, 2.45) is 0 Å². The number of aromatic nitrogens is 2. The smallest absolute Gasteiger partial charge is 0.149 e. The van der Waals surface area contributed by atoms with Crippen molar-refractivity contribution in [3.63, 3.8) is 0 Å². The average Bonchev–Trinajstić information content (AvgIpc) is 2.40. The molecular formula is C17H21N3. The molecule has 2 aromatic rings. The summed E-state index contributed by atoms with van der Waals surface area (Å²) in [6, 6.07) is 8.94. The van der Waals surface area contributed by atoms with E-state index in [0.717, 1.165) is 17.3 Å². The normalized spacial score (nSPS) is 16.7. The van der Waals surface area contributed by atoms with Crippen LogP contribution in [0.4, 0.5) is 0 Å². The first-order valence-corrected chi connectivity index (χ1v) is 7.33. The highest BCUT2D eigenvalue weighted by atomic mass is 15.0. The molecule has 0 aliphatic heterocycles. The molecule has 20 heavy (non-hydrogen) atoms. The zero-order chi connectivity index (χ0) is 13.9. The van der Waals surface area contributed by atoms with Gasteiger partial charge in [0.2, 0.25) is 0 Å². The van der Waals surface area contributed by atoms with E-state index in [0.29, 0.717) is 0 Å². The fraction of sp³-hybridized carbons (Fsp3) is 0.412. The molecule has 0 saturated heterocycles. The van der Waals surface area contributed by atoms with E-state index in [9.17, 15) is 0 Å². The second-order valence-electron chi connectivity index (χ2n) is 5.64. The highest BCUT2D eigenvalue weighted by Gasteiger charge is 2.21. The molecule has 1 fully saturated rings. The van der Waals surface area contributed by atoms with Gasteiger partial charge in [-0.15, -0.1) is 0 Å². The van der Waals surface area contributed by atoms with Crippen molar-refractivity contribution in [2.45, 2.75) is 38.1 Å². The molecule has 104 valence electrons. The van der Waals surface area contributed by atoms with Crippen molar-refractivity contribution in [2.75, 3.05) is 7.05 Å². The van der Waals surface area contributed by atoms with E-state index in [4.69, 9.17) is 0 Å². The van der Waals surface area contributed by atoms with Gasteiger partial charge in [-0.3, -0.25) is 0 Å². The molecule has 1 unspecified atom stereocenters. The molecule has 1 aliphatic rings. The van der Waals surface area contributed by atoms with Gasteiger partial charge in [0.05, 0.1) is 6.04 Å². The summed E-state index contributed by atoms with van der Waals surface area (Å²) in [6.07, 6.45) is 7.78. The summed E-state index contributed by atoms with van der Waals surface area (Å²) in [5.41, 5.74) is 3.80. The molecular weight excluding hydrogens is 246 g/mol. The van der Waals surface area contributed by atoms with Crippen molar-refractivity contribution in [1.29, 1.82) is 0 Å². The van der Waals surface area contributed by atoms with E-state index >= 15 is 0 Å². The summed E-state index contributed by atoms with van der Waals surface area (Å²) in [7, 11) is 1.96. The van der Waals surface area contributed by atoms with Gasteiger partial charge in [0.15, 0.2) is 0 Å². The molecule has 3 nitrogen and oxygen atoms in total. The summed E-state index contributed by atoms with van der Waals surface area (Å²) < 4.78 is 0. The fourth-order valence-electron chi connectivity index (χ4n) is 2.73. The summed E-state index contributed by atoms with van der Waals surface area (Å²) in [5.74, 6) is 1.59. The summed E-state index contributed by atoms with van der Waals surface area (Å²) in [4.78, 5) is 8.92. The van der Waals surface area contributed by atoms with Crippen LogP contribution in [0.3, 0.4) is 0 Å². The maximum Gasteiger partial charge on any atom is 0.149 e. The number of benzene rings is 1. The van der Waals surface area contributed by atoms with Gasteiger partial charge in [-0.25, -0.2) is 9.97 Å². The second kappa shape index (κ2) is 5.71. The lowest BCUT2D eigenvalue weighted by molar-refractivity contribution is 0.419. The van der Waals surface area contributed by atoms with Crippen LogP contribution < -0.4 is 5.32 Å². The molecule has 3 rings (SSSR count). The summed E-state index contributed by atoms with van der Waals surface area (Å²) in [5, 5.41) is 3.33. The number of rotatable bonds is 4. The Labute approximate surface area is 120 Å². The Balaban J connectivity index is 1.90. The van der Waals surface area contributed by atoms with Crippen molar-refractivity contribution in [3.8, 4) is 0 Å². The Hall–Kier alpha value is -1.74. The van der Waals surface area contributed by atoms with Gasteiger partial charge in [0.1, 0.15) is 5.82 Å². The molecule has 1 heterocycles. The van der Waals surface area contributed by atoms with E-state index < -0.39 is 0 Å². The Morgan fingerprint density at radius 3 is 2.55 bits per heavy atom. The zero-order valence-corrected chi connectivity index (χ0v) is 12.1. The number of aryl methyl sites for hydroxylation is 1. The van der Waals surface area contributed by atoms with Crippen molar-refractivity contribution in [3.05, 3.63) is 59.2 Å². The maximum atomic E-state index is 4.46. The predicted molar refractivity (Wildman–Crippen MR) is 80.7 cm³/mol. The minimum absolute atomic E-state index is 0.0654. The average molecular weight is 267 g/mol. The Morgan fingerprint density at radius 2 is 1.95 bits per heavy atom. The van der Waals surface area contributed by atoms with E-state index in [1.165, 1.54) is 30.4 Å². The first-order valence-electron chi connectivity index (χ1n) is 7.33. The Morgan fingerprint density at radius 1 is 1.20 bits per heavy atom. The van der Waals surface area contributed by atoms with Crippen LogP contribution in [0, 0.1) is 6.92 Å². The number of nitrogens with zero attached hydrogens (tertiary/aromatic N) is 2. The van der Waals surface area contributed by atoms with Gasteiger partial charge >= 0.3 is 0 Å². The van der Waals surface area contributed by atoms with Gasteiger partial charge in [0, 0.05) is 12.4 Å². The molecule has 1 N–H and O–H groups in total. The highest BCUT2D eigenvalue weighted by Crippen LogP contribution is 2.37. The monoisotopic (exact) mass is 267 g/mol. The van der Waals surface area contributed by atoms with Gasteiger partial charge in [-0.05, 0) is 49.4 Å². The first kappa shape index (κ1) is 13.3. The summed E-state index contributed by atoms with van der Waals surface area (Å²) in [6.45, 7) is 2.01. The molecule has 0 amide bonds. The SMILES string of the molecule is CNC(c1cccc(C2CCC2)c1)c1ncc(C)cn1. The van der Waals surface area contributed by atoms with Crippen LogP contribution in [0.15, 0.2) is 36.7 Å². The predicted octanol–water partition coefficient (Wildman–Crippen LogP) is 3.36. The molecule has 3 heteroatoms. The van der Waals surface area contributed by atoms with Crippen molar-refractivity contribution < 1.29 is 0 Å². The molecule has 0 spiro atoms. The van der Waals surface area contributed by atoms with Crippen LogP contribution in [-0.4, -0.2) is 17.0 Å². The van der Waals surface area contributed by atoms with E-state index in [-0.39, 0.29) is 6.04 Å². The highest BCUT2D eigenvalue weighted by molar-refractivity contribution is 5.32. The molecule has 1 aromatic heterocycles. The topological polar surface area (TPSA) is 37.8 Å². The van der Waals surface area contributed by atoms with Gasteiger partial charge in [0.25, 0.3) is 0 Å². The summed E-state index contributed by atoms with van der Waals surface area (Å²) >= 11 is 0. The molecule has 1 aliphatic carbocycles. The minimum Gasteiger partial charge on any atom is -0.307 e. The molecule has 0 radical (unpaired) electrons. The van der Waals surface area contributed by atoms with Crippen molar-refractivity contribution in [1.82, 2.24) is 15.3 Å². The van der Waals surface area contributed by atoms with Crippen LogP contribution in [0.5, 0.6) is 0 Å².